The number of hydrogen-bond acceptors (Lipinski definition) is 2. The molecule has 1 amide bonds. The van der Waals surface area contributed by atoms with Gasteiger partial charge in [0.1, 0.15) is 0 Å². The number of pyridine rings is 1. The van der Waals surface area contributed by atoms with E-state index < -0.39 is 0 Å². The molecule has 0 aliphatic heterocycles. The number of carbonyl (C=O) groups excluding carboxylic acids is 1. The van der Waals surface area contributed by atoms with E-state index in [2.05, 4.69) is 4.98 Å². The first-order valence-electron chi connectivity index (χ1n) is 7.62. The van der Waals surface area contributed by atoms with Gasteiger partial charge in [-0.15, -0.1) is 0 Å². The number of rotatable bonds is 4. The van der Waals surface area contributed by atoms with Gasteiger partial charge in [0.15, 0.2) is 0 Å². The van der Waals surface area contributed by atoms with Gasteiger partial charge in [-0.05, 0) is 43.0 Å². The summed E-state index contributed by atoms with van der Waals surface area (Å²) in [6.07, 6.45) is 2.56. The molecule has 2 aromatic rings. The minimum Gasteiger partial charge on any atom is -0.337 e. The highest BCUT2D eigenvalue weighted by Gasteiger charge is 2.46. The topological polar surface area (TPSA) is 33.2 Å². The van der Waals surface area contributed by atoms with Crippen LogP contribution in [0.2, 0.25) is 10.0 Å². The Morgan fingerprint density at radius 1 is 1.26 bits per heavy atom. The van der Waals surface area contributed by atoms with Crippen LogP contribution >= 0.6 is 23.2 Å². The quantitative estimate of drug-likeness (QED) is 0.801. The third kappa shape index (κ3) is 3.22. The van der Waals surface area contributed by atoms with E-state index in [1.807, 2.05) is 44.3 Å². The number of halogens is 2. The summed E-state index contributed by atoms with van der Waals surface area (Å²) >= 11 is 12.3. The Labute approximate surface area is 146 Å². The first kappa shape index (κ1) is 16.3. The van der Waals surface area contributed by atoms with Gasteiger partial charge in [-0.3, -0.25) is 9.78 Å². The van der Waals surface area contributed by atoms with Crippen LogP contribution in [0.25, 0.3) is 0 Å². The predicted octanol–water partition coefficient (Wildman–Crippen LogP) is 4.71. The molecule has 5 heteroatoms. The normalized spacial score (nSPS) is 20.9. The van der Waals surface area contributed by atoms with Crippen molar-refractivity contribution in [2.75, 3.05) is 7.05 Å². The van der Waals surface area contributed by atoms with Crippen molar-refractivity contribution in [1.82, 2.24) is 9.88 Å². The van der Waals surface area contributed by atoms with Crippen LogP contribution in [0, 0.1) is 5.92 Å². The fraction of sp³-hybridized carbons (Fsp3) is 0.333. The zero-order valence-corrected chi connectivity index (χ0v) is 14.6. The van der Waals surface area contributed by atoms with Gasteiger partial charge in [0.2, 0.25) is 5.91 Å². The third-order valence-electron chi connectivity index (χ3n) is 4.53. The van der Waals surface area contributed by atoms with Crippen molar-refractivity contribution in [3.8, 4) is 0 Å². The Bertz CT molecular complexity index is 720. The second kappa shape index (κ2) is 6.50. The van der Waals surface area contributed by atoms with E-state index in [1.165, 1.54) is 0 Å². The molecule has 1 aromatic carbocycles. The molecule has 1 saturated carbocycles. The van der Waals surface area contributed by atoms with Crippen LogP contribution in [0.1, 0.15) is 36.6 Å². The molecule has 0 saturated heterocycles. The van der Waals surface area contributed by atoms with E-state index >= 15 is 0 Å². The first-order chi connectivity index (χ1) is 11.0. The molecule has 23 heavy (non-hydrogen) atoms. The van der Waals surface area contributed by atoms with Gasteiger partial charge in [-0.1, -0.05) is 41.4 Å². The van der Waals surface area contributed by atoms with Gasteiger partial charge in [-0.25, -0.2) is 0 Å². The summed E-state index contributed by atoms with van der Waals surface area (Å²) in [5.41, 5.74) is 1.86. The largest absolute Gasteiger partial charge is 0.337 e. The molecule has 3 rings (SSSR count). The highest BCUT2D eigenvalue weighted by atomic mass is 35.5. The maximum absolute atomic E-state index is 12.7. The highest BCUT2D eigenvalue weighted by molar-refractivity contribution is 6.42. The molecule has 120 valence electrons. The van der Waals surface area contributed by atoms with Crippen molar-refractivity contribution in [3.05, 3.63) is 63.9 Å². The van der Waals surface area contributed by atoms with Crippen molar-refractivity contribution in [3.63, 3.8) is 0 Å². The van der Waals surface area contributed by atoms with E-state index in [-0.39, 0.29) is 23.8 Å². The fourth-order valence-corrected chi connectivity index (χ4v) is 3.34. The molecule has 0 bridgehead atoms. The van der Waals surface area contributed by atoms with E-state index in [4.69, 9.17) is 23.2 Å². The Hall–Kier alpha value is -1.58. The summed E-state index contributed by atoms with van der Waals surface area (Å²) in [4.78, 5) is 18.8. The average molecular weight is 349 g/mol. The zero-order chi connectivity index (χ0) is 16.6. The van der Waals surface area contributed by atoms with E-state index in [0.717, 1.165) is 17.7 Å². The van der Waals surface area contributed by atoms with Crippen molar-refractivity contribution in [2.45, 2.75) is 25.3 Å². The second-order valence-electron chi connectivity index (χ2n) is 5.97. The molecular weight excluding hydrogens is 331 g/mol. The first-order valence-corrected chi connectivity index (χ1v) is 8.37. The van der Waals surface area contributed by atoms with Crippen LogP contribution in [0.15, 0.2) is 42.6 Å². The number of hydrogen-bond donors (Lipinski definition) is 0. The summed E-state index contributed by atoms with van der Waals surface area (Å²) in [5.74, 6) is 0.262. The van der Waals surface area contributed by atoms with E-state index in [0.29, 0.717) is 10.0 Å². The lowest BCUT2D eigenvalue weighted by Gasteiger charge is -2.24. The van der Waals surface area contributed by atoms with E-state index in [9.17, 15) is 4.79 Å². The minimum absolute atomic E-state index is 0.0258. The van der Waals surface area contributed by atoms with Gasteiger partial charge < -0.3 is 4.90 Å². The van der Waals surface area contributed by atoms with Crippen LogP contribution in [0.4, 0.5) is 0 Å². The Morgan fingerprint density at radius 3 is 2.74 bits per heavy atom. The van der Waals surface area contributed by atoms with E-state index in [1.54, 1.807) is 17.2 Å². The monoisotopic (exact) mass is 348 g/mol. The van der Waals surface area contributed by atoms with Gasteiger partial charge in [-0.2, -0.15) is 0 Å². The molecule has 1 aliphatic carbocycles. The Morgan fingerprint density at radius 2 is 2.04 bits per heavy atom. The molecule has 3 unspecified atom stereocenters. The molecule has 0 radical (unpaired) electrons. The summed E-state index contributed by atoms with van der Waals surface area (Å²) in [6, 6.07) is 11.3. The molecule has 3 nitrogen and oxygen atoms in total. The maximum Gasteiger partial charge on any atom is 0.226 e. The van der Waals surface area contributed by atoms with Crippen LogP contribution < -0.4 is 0 Å². The second-order valence-corrected chi connectivity index (χ2v) is 6.76. The molecule has 1 aromatic heterocycles. The number of carbonyl (C=O) groups is 1. The molecule has 1 aliphatic rings. The summed E-state index contributed by atoms with van der Waals surface area (Å²) in [6.45, 7) is 1.99. The third-order valence-corrected chi connectivity index (χ3v) is 5.37. The highest BCUT2D eigenvalue weighted by Crippen LogP contribution is 2.51. The number of amides is 1. The van der Waals surface area contributed by atoms with Gasteiger partial charge in [0.05, 0.1) is 21.8 Å². The lowest BCUT2D eigenvalue weighted by atomic mass is 10.1. The van der Waals surface area contributed by atoms with Crippen molar-refractivity contribution in [1.29, 1.82) is 0 Å². The lowest BCUT2D eigenvalue weighted by Crippen LogP contribution is -2.31. The van der Waals surface area contributed by atoms with Crippen molar-refractivity contribution >= 4 is 29.1 Å². The van der Waals surface area contributed by atoms with Crippen LogP contribution in [0.3, 0.4) is 0 Å². The molecule has 1 fully saturated rings. The average Bonchev–Trinajstić information content (AvgIpc) is 3.36. The molecule has 3 atom stereocenters. The standard InChI is InChI=1S/C18H18Cl2N2O/c1-11(16-8-3-4-9-21-16)22(2)18(23)14-10-13(14)12-6-5-7-15(19)17(12)20/h3-9,11,13-14H,10H2,1-2H3. The van der Waals surface area contributed by atoms with Gasteiger partial charge >= 0.3 is 0 Å². The number of nitrogens with zero attached hydrogens (tertiary/aromatic N) is 2. The number of benzene rings is 1. The predicted molar refractivity (Wildman–Crippen MR) is 92.7 cm³/mol. The van der Waals surface area contributed by atoms with Crippen LogP contribution in [-0.4, -0.2) is 22.8 Å². The summed E-state index contributed by atoms with van der Waals surface area (Å²) < 4.78 is 0. The lowest BCUT2D eigenvalue weighted by molar-refractivity contribution is -0.133. The Balaban J connectivity index is 1.71. The fourth-order valence-electron chi connectivity index (χ4n) is 2.89. The number of aromatic nitrogens is 1. The SMILES string of the molecule is CC(c1ccccn1)N(C)C(=O)C1CC1c1cccc(Cl)c1Cl. The smallest absolute Gasteiger partial charge is 0.226 e. The van der Waals surface area contributed by atoms with Crippen molar-refractivity contribution in [2.24, 2.45) is 5.92 Å². The Kier molecular flexibility index (Phi) is 4.60. The van der Waals surface area contributed by atoms with Crippen LogP contribution in [0.5, 0.6) is 0 Å². The molecule has 0 N–H and O–H groups in total. The summed E-state index contributed by atoms with van der Waals surface area (Å²) in [5, 5.41) is 1.10. The molecule has 0 spiro atoms. The summed E-state index contributed by atoms with van der Waals surface area (Å²) in [7, 11) is 1.83. The van der Waals surface area contributed by atoms with Crippen LogP contribution in [-0.2, 0) is 4.79 Å². The van der Waals surface area contributed by atoms with Gasteiger partial charge in [0.25, 0.3) is 0 Å². The maximum atomic E-state index is 12.7. The molecule has 1 heterocycles. The minimum atomic E-state index is -0.0558. The van der Waals surface area contributed by atoms with Gasteiger partial charge in [0, 0.05) is 19.2 Å². The zero-order valence-electron chi connectivity index (χ0n) is 13.0. The molecular formula is C18H18Cl2N2O. The van der Waals surface area contributed by atoms with Crippen molar-refractivity contribution < 1.29 is 4.79 Å².